The number of hydrogen-bond acceptors (Lipinski definition) is 7. The van der Waals surface area contributed by atoms with Crippen LogP contribution in [0, 0.1) is 10.1 Å². The first-order valence-electron chi connectivity index (χ1n) is 11.2. The lowest BCUT2D eigenvalue weighted by molar-refractivity contribution is -0.384. The highest BCUT2D eigenvalue weighted by molar-refractivity contribution is 5.77. The largest absolute Gasteiger partial charge is 0.419 e. The summed E-state index contributed by atoms with van der Waals surface area (Å²) in [5.74, 6) is -0.521. The smallest absolute Gasteiger partial charge is 0.407 e. The standard InChI is InChI=1S/C23H24N6O5/c30-22(5-3-9-28-19-7-6-18(29(32)33)14-20(19)34-23(28)31)26-12-10-25(11-13-26)15-17-16-27-8-2-1-4-21(27)24-17/h1-2,4,6-8,14,16H,3,5,9-13,15H2. The number of imidazole rings is 1. The van der Waals surface area contributed by atoms with Crippen molar-refractivity contribution in [2.45, 2.75) is 25.9 Å². The number of aromatic nitrogens is 3. The average molecular weight is 464 g/mol. The van der Waals surface area contributed by atoms with Gasteiger partial charge in [-0.15, -0.1) is 0 Å². The molecule has 11 nitrogen and oxygen atoms in total. The van der Waals surface area contributed by atoms with Crippen LogP contribution in [0.15, 0.2) is 58.0 Å². The zero-order chi connectivity index (χ0) is 23.7. The van der Waals surface area contributed by atoms with E-state index in [1.165, 1.54) is 22.8 Å². The Morgan fingerprint density at radius 3 is 2.74 bits per heavy atom. The topological polar surface area (TPSA) is 119 Å². The lowest BCUT2D eigenvalue weighted by Crippen LogP contribution is -2.48. The molecule has 0 atom stereocenters. The highest BCUT2D eigenvalue weighted by Crippen LogP contribution is 2.20. The minimum atomic E-state index is -0.580. The molecule has 1 amide bonds. The Labute approximate surface area is 194 Å². The predicted octanol–water partition coefficient (Wildman–Crippen LogP) is 2.28. The minimum absolute atomic E-state index is 0.0591. The molecule has 4 heterocycles. The van der Waals surface area contributed by atoms with E-state index in [0.717, 1.165) is 31.0 Å². The second kappa shape index (κ2) is 9.10. The number of nitrogens with zero attached hydrogens (tertiary/aromatic N) is 6. The van der Waals surface area contributed by atoms with Crippen LogP contribution in [0.4, 0.5) is 5.69 Å². The molecule has 0 spiro atoms. The molecule has 0 radical (unpaired) electrons. The summed E-state index contributed by atoms with van der Waals surface area (Å²) < 4.78 is 8.56. The Morgan fingerprint density at radius 1 is 1.15 bits per heavy atom. The van der Waals surface area contributed by atoms with Gasteiger partial charge in [-0.25, -0.2) is 9.78 Å². The van der Waals surface area contributed by atoms with Crippen LogP contribution in [0.3, 0.4) is 0 Å². The van der Waals surface area contributed by atoms with Crippen molar-refractivity contribution in [2.24, 2.45) is 0 Å². The lowest BCUT2D eigenvalue weighted by Gasteiger charge is -2.34. The third kappa shape index (κ3) is 4.42. The number of oxazole rings is 1. The zero-order valence-electron chi connectivity index (χ0n) is 18.5. The summed E-state index contributed by atoms with van der Waals surface area (Å²) in [7, 11) is 0. The number of benzene rings is 1. The molecule has 11 heteroatoms. The number of carbonyl (C=O) groups is 1. The molecule has 0 saturated carbocycles. The van der Waals surface area contributed by atoms with E-state index in [-0.39, 0.29) is 17.2 Å². The number of piperazine rings is 1. The van der Waals surface area contributed by atoms with Gasteiger partial charge in [0.2, 0.25) is 5.91 Å². The monoisotopic (exact) mass is 464 g/mol. The van der Waals surface area contributed by atoms with Gasteiger partial charge in [-0.05, 0) is 24.6 Å². The van der Waals surface area contributed by atoms with E-state index in [9.17, 15) is 19.7 Å². The number of nitro benzene ring substituents is 1. The molecular weight excluding hydrogens is 440 g/mol. The van der Waals surface area contributed by atoms with Gasteiger partial charge in [0.1, 0.15) is 5.65 Å². The summed E-state index contributed by atoms with van der Waals surface area (Å²) in [4.78, 5) is 44.0. The van der Waals surface area contributed by atoms with E-state index in [2.05, 4.69) is 9.88 Å². The minimum Gasteiger partial charge on any atom is -0.407 e. The van der Waals surface area contributed by atoms with E-state index in [1.54, 1.807) is 0 Å². The fourth-order valence-electron chi connectivity index (χ4n) is 4.37. The van der Waals surface area contributed by atoms with E-state index < -0.39 is 10.7 Å². The molecule has 1 aliphatic heterocycles. The summed E-state index contributed by atoms with van der Waals surface area (Å²) in [6.45, 7) is 3.94. The van der Waals surface area contributed by atoms with Crippen LogP contribution in [-0.2, 0) is 17.9 Å². The number of amides is 1. The summed E-state index contributed by atoms with van der Waals surface area (Å²) in [6, 6.07) is 10.00. The fraction of sp³-hybridized carbons (Fsp3) is 0.348. The quantitative estimate of drug-likeness (QED) is 0.304. The molecule has 1 aromatic carbocycles. The Bertz CT molecular complexity index is 1380. The number of carbonyl (C=O) groups excluding carboxylic acids is 1. The Morgan fingerprint density at radius 2 is 1.97 bits per heavy atom. The van der Waals surface area contributed by atoms with Crippen molar-refractivity contribution in [2.75, 3.05) is 26.2 Å². The molecule has 34 heavy (non-hydrogen) atoms. The number of aryl methyl sites for hydroxylation is 1. The second-order valence-electron chi connectivity index (χ2n) is 8.39. The van der Waals surface area contributed by atoms with Crippen LogP contribution < -0.4 is 5.76 Å². The van der Waals surface area contributed by atoms with Crippen LogP contribution in [0.25, 0.3) is 16.7 Å². The first kappa shape index (κ1) is 21.8. The number of nitro groups is 1. The van der Waals surface area contributed by atoms with Gasteiger partial charge in [0.15, 0.2) is 5.58 Å². The molecule has 1 saturated heterocycles. The van der Waals surface area contributed by atoms with Gasteiger partial charge in [0.25, 0.3) is 5.69 Å². The van der Waals surface area contributed by atoms with Crippen LogP contribution in [-0.4, -0.2) is 60.8 Å². The highest BCUT2D eigenvalue weighted by atomic mass is 16.6. The molecule has 1 aliphatic rings. The second-order valence-corrected chi connectivity index (χ2v) is 8.39. The van der Waals surface area contributed by atoms with Gasteiger partial charge in [0, 0.05) is 64.1 Å². The van der Waals surface area contributed by atoms with Crippen LogP contribution in [0.2, 0.25) is 0 Å². The molecule has 1 fully saturated rings. The SMILES string of the molecule is O=C(CCCn1c(=O)oc2cc([N+](=O)[O-])ccc21)N1CCN(Cc2cn3ccccc3n2)CC1. The maximum atomic E-state index is 12.7. The van der Waals surface area contributed by atoms with Crippen LogP contribution in [0.5, 0.6) is 0 Å². The molecule has 0 aliphatic carbocycles. The van der Waals surface area contributed by atoms with E-state index in [1.807, 2.05) is 39.9 Å². The van der Waals surface area contributed by atoms with Crippen molar-refractivity contribution in [1.29, 1.82) is 0 Å². The van der Waals surface area contributed by atoms with E-state index in [4.69, 9.17) is 4.42 Å². The van der Waals surface area contributed by atoms with Crippen molar-refractivity contribution in [1.82, 2.24) is 23.8 Å². The molecule has 176 valence electrons. The van der Waals surface area contributed by atoms with Crippen molar-refractivity contribution >= 4 is 28.3 Å². The van der Waals surface area contributed by atoms with Crippen LogP contribution in [0.1, 0.15) is 18.5 Å². The molecule has 0 N–H and O–H groups in total. The van der Waals surface area contributed by atoms with Gasteiger partial charge >= 0.3 is 5.76 Å². The third-order valence-corrected chi connectivity index (χ3v) is 6.16. The molecule has 4 aromatic rings. The first-order valence-corrected chi connectivity index (χ1v) is 11.2. The fourth-order valence-corrected chi connectivity index (χ4v) is 4.37. The summed E-state index contributed by atoms with van der Waals surface area (Å²) in [5, 5.41) is 10.9. The average Bonchev–Trinajstić information content (AvgIpc) is 3.38. The zero-order valence-corrected chi connectivity index (χ0v) is 18.5. The van der Waals surface area contributed by atoms with Crippen LogP contribution >= 0.6 is 0 Å². The van der Waals surface area contributed by atoms with Gasteiger partial charge in [-0.1, -0.05) is 6.07 Å². The maximum Gasteiger partial charge on any atom is 0.419 e. The van der Waals surface area contributed by atoms with Crippen molar-refractivity contribution in [3.63, 3.8) is 0 Å². The molecular formula is C23H24N6O5. The normalized spacial score (nSPS) is 14.8. The number of rotatable bonds is 7. The van der Waals surface area contributed by atoms with Crippen molar-refractivity contribution in [3.8, 4) is 0 Å². The molecule has 0 unspecified atom stereocenters. The number of pyridine rings is 1. The molecule has 5 rings (SSSR count). The summed E-state index contributed by atoms with van der Waals surface area (Å²) in [6.07, 6.45) is 4.81. The third-order valence-electron chi connectivity index (χ3n) is 6.16. The van der Waals surface area contributed by atoms with Crippen molar-refractivity contribution in [3.05, 3.63) is 75.2 Å². The number of non-ortho nitro benzene ring substituents is 1. The summed E-state index contributed by atoms with van der Waals surface area (Å²) in [5.41, 5.74) is 2.46. The number of fused-ring (bicyclic) bond motifs is 2. The predicted molar refractivity (Wildman–Crippen MR) is 123 cm³/mol. The maximum absolute atomic E-state index is 12.7. The van der Waals surface area contributed by atoms with Gasteiger partial charge in [-0.3, -0.25) is 24.4 Å². The Kier molecular flexibility index (Phi) is 5.84. The highest BCUT2D eigenvalue weighted by Gasteiger charge is 2.22. The molecule has 0 bridgehead atoms. The van der Waals surface area contributed by atoms with Gasteiger partial charge < -0.3 is 13.7 Å². The van der Waals surface area contributed by atoms with E-state index in [0.29, 0.717) is 38.0 Å². The molecule has 3 aromatic heterocycles. The Hall–Kier alpha value is -3.99. The lowest BCUT2D eigenvalue weighted by atomic mass is 10.2. The summed E-state index contributed by atoms with van der Waals surface area (Å²) >= 11 is 0. The van der Waals surface area contributed by atoms with Gasteiger partial charge in [0.05, 0.1) is 22.2 Å². The van der Waals surface area contributed by atoms with Crippen molar-refractivity contribution < 1.29 is 14.1 Å². The first-order chi connectivity index (χ1) is 16.5. The Balaban J connectivity index is 1.12. The van der Waals surface area contributed by atoms with Gasteiger partial charge in [-0.2, -0.15) is 0 Å². The number of hydrogen-bond donors (Lipinski definition) is 0. The van der Waals surface area contributed by atoms with E-state index >= 15 is 0 Å².